The van der Waals surface area contributed by atoms with Crippen LogP contribution in [0.2, 0.25) is 5.02 Å². The van der Waals surface area contributed by atoms with Gasteiger partial charge in [-0.15, -0.1) is 0 Å². The largest absolute Gasteiger partial charge is 0.324 e. The van der Waals surface area contributed by atoms with Gasteiger partial charge in [0, 0.05) is 22.8 Å². The zero-order valence-electron chi connectivity index (χ0n) is 15.5. The molecule has 1 aromatic heterocycles. The monoisotopic (exact) mass is 402 g/mol. The summed E-state index contributed by atoms with van der Waals surface area (Å²) < 4.78 is 1.61. The fraction of sp³-hybridized carbons (Fsp3) is 0.421. The predicted molar refractivity (Wildman–Crippen MR) is 107 cm³/mol. The van der Waals surface area contributed by atoms with E-state index in [0.29, 0.717) is 16.5 Å². The maximum Gasteiger partial charge on any atom is 0.324 e. The predicted octanol–water partition coefficient (Wildman–Crippen LogP) is 3.22. The van der Waals surface area contributed by atoms with Gasteiger partial charge >= 0.3 is 6.03 Å². The summed E-state index contributed by atoms with van der Waals surface area (Å²) in [7, 11) is 0. The molecule has 0 bridgehead atoms. The van der Waals surface area contributed by atoms with Crippen molar-refractivity contribution in [3.63, 3.8) is 0 Å². The molecule has 1 aromatic carbocycles. The van der Waals surface area contributed by atoms with Crippen molar-refractivity contribution in [3.05, 3.63) is 41.0 Å². The Balaban J connectivity index is 1.48. The summed E-state index contributed by atoms with van der Waals surface area (Å²) in [5, 5.41) is 17.1. The summed E-state index contributed by atoms with van der Waals surface area (Å²) in [5.74, 6) is 0.542. The molecule has 2 fully saturated rings. The Morgan fingerprint density at radius 2 is 1.96 bits per heavy atom. The molecule has 1 saturated carbocycles. The van der Waals surface area contributed by atoms with Gasteiger partial charge in [0.05, 0.1) is 11.6 Å². The molecule has 4 N–H and O–H groups in total. The lowest BCUT2D eigenvalue weighted by molar-refractivity contribution is -0.132. The summed E-state index contributed by atoms with van der Waals surface area (Å²) in [6.45, 7) is 1.84. The zero-order chi connectivity index (χ0) is 19.7. The minimum absolute atomic E-state index is 0.00581. The number of aryl methyl sites for hydroxylation is 1. The molecule has 0 spiro atoms. The topological polar surface area (TPSA) is 100 Å². The molecule has 9 heteroatoms. The molecule has 1 aliphatic carbocycles. The van der Waals surface area contributed by atoms with Gasteiger partial charge in [-0.1, -0.05) is 24.4 Å². The molecule has 0 radical (unpaired) electrons. The van der Waals surface area contributed by atoms with Gasteiger partial charge in [0.2, 0.25) is 5.91 Å². The standard InChI is InChI=1S/C19H23ClN6O2/c1-11-10-16(23-19(28)21-13-8-6-12(20)7-9-13)26(25-11)18-22-15-5-3-2-4-14(15)17(27)24-18/h6-10,14-15,18,22H,2-5H2,1H3,(H,24,27)(H2,21,23,28). The maximum atomic E-state index is 12.5. The Labute approximate surface area is 168 Å². The zero-order valence-corrected chi connectivity index (χ0v) is 16.3. The van der Waals surface area contributed by atoms with E-state index in [0.717, 1.165) is 31.4 Å². The van der Waals surface area contributed by atoms with E-state index in [4.69, 9.17) is 11.6 Å². The highest BCUT2D eigenvalue weighted by Crippen LogP contribution is 2.29. The molecule has 4 rings (SSSR count). The van der Waals surface area contributed by atoms with Crippen LogP contribution in [0.15, 0.2) is 30.3 Å². The van der Waals surface area contributed by atoms with E-state index in [-0.39, 0.29) is 17.9 Å². The van der Waals surface area contributed by atoms with Crippen LogP contribution in [-0.2, 0) is 4.79 Å². The van der Waals surface area contributed by atoms with Crippen molar-refractivity contribution >= 4 is 35.0 Å². The van der Waals surface area contributed by atoms with Gasteiger partial charge < -0.3 is 10.6 Å². The second-order valence-electron chi connectivity index (χ2n) is 7.28. The van der Waals surface area contributed by atoms with Crippen LogP contribution < -0.4 is 21.3 Å². The molecule has 3 atom stereocenters. The molecule has 2 heterocycles. The third-order valence-electron chi connectivity index (χ3n) is 5.20. The van der Waals surface area contributed by atoms with Crippen LogP contribution in [0, 0.1) is 12.8 Å². The average Bonchev–Trinajstić information content (AvgIpc) is 3.03. The van der Waals surface area contributed by atoms with E-state index in [1.165, 1.54) is 0 Å². The molecular formula is C19H23ClN6O2. The van der Waals surface area contributed by atoms with Gasteiger partial charge in [0.25, 0.3) is 0 Å². The summed E-state index contributed by atoms with van der Waals surface area (Å²) in [6.07, 6.45) is 3.57. The minimum atomic E-state index is -0.494. The molecule has 2 aliphatic rings. The third kappa shape index (κ3) is 3.98. The first-order valence-electron chi connectivity index (χ1n) is 9.46. The van der Waals surface area contributed by atoms with Crippen LogP contribution >= 0.6 is 11.6 Å². The molecule has 2 aromatic rings. The van der Waals surface area contributed by atoms with Gasteiger partial charge in [-0.3, -0.25) is 15.4 Å². The van der Waals surface area contributed by atoms with Crippen LogP contribution in [0.1, 0.15) is 37.7 Å². The van der Waals surface area contributed by atoms with Gasteiger partial charge in [-0.25, -0.2) is 9.48 Å². The Kier molecular flexibility index (Phi) is 5.23. The van der Waals surface area contributed by atoms with Crippen molar-refractivity contribution in [1.82, 2.24) is 20.4 Å². The van der Waals surface area contributed by atoms with E-state index in [1.54, 1.807) is 35.0 Å². The van der Waals surface area contributed by atoms with E-state index in [9.17, 15) is 9.59 Å². The minimum Gasteiger partial charge on any atom is -0.322 e. The number of halogens is 1. The highest BCUT2D eigenvalue weighted by Gasteiger charge is 2.38. The number of anilines is 2. The van der Waals surface area contributed by atoms with Crippen LogP contribution in [0.5, 0.6) is 0 Å². The summed E-state index contributed by atoms with van der Waals surface area (Å²) >= 11 is 5.87. The van der Waals surface area contributed by atoms with Crippen molar-refractivity contribution in [2.45, 2.75) is 44.9 Å². The fourth-order valence-corrected chi connectivity index (χ4v) is 4.01. The summed E-state index contributed by atoms with van der Waals surface area (Å²) in [5.41, 5.74) is 1.36. The molecule has 1 saturated heterocycles. The number of nitrogens with one attached hydrogen (secondary N) is 4. The second-order valence-corrected chi connectivity index (χ2v) is 7.71. The molecule has 28 heavy (non-hydrogen) atoms. The molecule has 8 nitrogen and oxygen atoms in total. The number of aromatic nitrogens is 2. The van der Waals surface area contributed by atoms with Gasteiger partial charge in [0.1, 0.15) is 5.82 Å². The Hall–Kier alpha value is -2.58. The number of carbonyl (C=O) groups excluding carboxylic acids is 2. The van der Waals surface area contributed by atoms with Crippen molar-refractivity contribution in [2.24, 2.45) is 5.92 Å². The van der Waals surface area contributed by atoms with Gasteiger partial charge in [-0.05, 0) is 44.0 Å². The average molecular weight is 403 g/mol. The Morgan fingerprint density at radius 3 is 2.75 bits per heavy atom. The van der Waals surface area contributed by atoms with Crippen LogP contribution in [-0.4, -0.2) is 27.8 Å². The van der Waals surface area contributed by atoms with Crippen LogP contribution in [0.3, 0.4) is 0 Å². The second kappa shape index (κ2) is 7.81. The number of benzene rings is 1. The number of urea groups is 1. The number of amides is 3. The number of hydrogen-bond donors (Lipinski definition) is 4. The number of fused-ring (bicyclic) bond motifs is 1. The first kappa shape index (κ1) is 18.8. The first-order chi connectivity index (χ1) is 13.5. The van der Waals surface area contributed by atoms with Crippen molar-refractivity contribution in [2.75, 3.05) is 10.6 Å². The van der Waals surface area contributed by atoms with E-state index < -0.39 is 12.3 Å². The molecule has 3 amide bonds. The third-order valence-corrected chi connectivity index (χ3v) is 5.45. The normalized spacial score (nSPS) is 24.2. The van der Waals surface area contributed by atoms with E-state index >= 15 is 0 Å². The highest BCUT2D eigenvalue weighted by atomic mass is 35.5. The summed E-state index contributed by atoms with van der Waals surface area (Å²) in [4.78, 5) is 24.9. The van der Waals surface area contributed by atoms with Gasteiger partial charge in [0.15, 0.2) is 6.29 Å². The smallest absolute Gasteiger partial charge is 0.322 e. The molecule has 3 unspecified atom stereocenters. The first-order valence-corrected chi connectivity index (χ1v) is 9.83. The lowest BCUT2D eigenvalue weighted by Crippen LogP contribution is -2.59. The van der Waals surface area contributed by atoms with E-state index in [2.05, 4.69) is 26.4 Å². The lowest BCUT2D eigenvalue weighted by atomic mass is 9.83. The van der Waals surface area contributed by atoms with Crippen LogP contribution in [0.25, 0.3) is 0 Å². The number of rotatable bonds is 3. The van der Waals surface area contributed by atoms with Crippen molar-refractivity contribution in [3.8, 4) is 0 Å². The number of nitrogens with zero attached hydrogens (tertiary/aromatic N) is 2. The Bertz CT molecular complexity index is 881. The molecule has 148 valence electrons. The van der Waals surface area contributed by atoms with Crippen molar-refractivity contribution < 1.29 is 9.59 Å². The number of carbonyl (C=O) groups is 2. The summed E-state index contributed by atoms with van der Waals surface area (Å²) in [6, 6.07) is 8.34. The molecular weight excluding hydrogens is 380 g/mol. The Morgan fingerprint density at radius 1 is 1.21 bits per heavy atom. The van der Waals surface area contributed by atoms with Crippen molar-refractivity contribution in [1.29, 1.82) is 0 Å². The SMILES string of the molecule is Cc1cc(NC(=O)Nc2ccc(Cl)cc2)n(C2NC(=O)C3CCCCC3N2)n1. The lowest BCUT2D eigenvalue weighted by Gasteiger charge is -2.40. The number of hydrogen-bond acceptors (Lipinski definition) is 4. The van der Waals surface area contributed by atoms with Crippen LogP contribution in [0.4, 0.5) is 16.3 Å². The van der Waals surface area contributed by atoms with Gasteiger partial charge in [-0.2, -0.15) is 5.10 Å². The van der Waals surface area contributed by atoms with E-state index in [1.807, 2.05) is 6.92 Å². The maximum absolute atomic E-state index is 12.5. The molecule has 1 aliphatic heterocycles. The fourth-order valence-electron chi connectivity index (χ4n) is 3.88. The highest BCUT2D eigenvalue weighted by molar-refractivity contribution is 6.30. The quantitative estimate of drug-likeness (QED) is 0.633.